The standard InChI is InChI=1S/C18H16F2IN5O3/c19-7-1-8(20)3-9(2-7)23-15-11-16(25-17(21)24-15)26(6-22-11)12-10-4-18(10,5-27)14(29)13(12)28/h1-3,6,10,12-14,27-29H,4-5H2,(H,23,24,25)/t10-,12-,13+,14+,18+/m1/s1. The van der Waals surface area contributed by atoms with E-state index in [0.717, 1.165) is 18.2 Å². The highest BCUT2D eigenvalue weighted by molar-refractivity contribution is 14.1. The van der Waals surface area contributed by atoms with Crippen LogP contribution in [0.3, 0.4) is 0 Å². The molecule has 2 heterocycles. The number of fused-ring (bicyclic) bond motifs is 2. The van der Waals surface area contributed by atoms with Crippen molar-refractivity contribution in [1.29, 1.82) is 0 Å². The lowest BCUT2D eigenvalue weighted by Gasteiger charge is -2.23. The summed E-state index contributed by atoms with van der Waals surface area (Å²) in [5, 5.41) is 33.5. The van der Waals surface area contributed by atoms with Crippen molar-refractivity contribution in [2.45, 2.75) is 24.7 Å². The Labute approximate surface area is 176 Å². The van der Waals surface area contributed by atoms with Crippen LogP contribution in [0.1, 0.15) is 12.5 Å². The second-order valence-corrected chi connectivity index (χ2v) is 8.54. The minimum Gasteiger partial charge on any atom is -0.396 e. The predicted molar refractivity (Wildman–Crippen MR) is 106 cm³/mol. The fraction of sp³-hybridized carbons (Fsp3) is 0.389. The summed E-state index contributed by atoms with van der Waals surface area (Å²) in [6.07, 6.45) is -0.00508. The molecule has 0 spiro atoms. The van der Waals surface area contributed by atoms with E-state index in [1.165, 1.54) is 6.33 Å². The molecule has 0 aliphatic heterocycles. The van der Waals surface area contributed by atoms with Crippen LogP contribution in [-0.4, -0.2) is 53.7 Å². The average molecular weight is 515 g/mol. The van der Waals surface area contributed by atoms with Gasteiger partial charge in [0.1, 0.15) is 17.7 Å². The fourth-order valence-electron chi connectivity index (χ4n) is 4.51. The number of imidazole rings is 1. The van der Waals surface area contributed by atoms with Crippen LogP contribution in [0.4, 0.5) is 20.3 Å². The van der Waals surface area contributed by atoms with Gasteiger partial charge in [0.15, 0.2) is 20.8 Å². The van der Waals surface area contributed by atoms with E-state index in [4.69, 9.17) is 0 Å². The summed E-state index contributed by atoms with van der Waals surface area (Å²) >= 11 is 1.92. The Morgan fingerprint density at radius 2 is 1.93 bits per heavy atom. The second kappa shape index (κ2) is 6.52. The smallest absolute Gasteiger partial charge is 0.194 e. The number of halogens is 3. The first-order chi connectivity index (χ1) is 13.8. The highest BCUT2D eigenvalue weighted by Crippen LogP contribution is 2.67. The first-order valence-electron chi connectivity index (χ1n) is 8.94. The largest absolute Gasteiger partial charge is 0.396 e. The van der Waals surface area contributed by atoms with Gasteiger partial charge in [0.05, 0.1) is 25.1 Å². The Morgan fingerprint density at radius 1 is 1.21 bits per heavy atom. The Kier molecular flexibility index (Phi) is 4.28. The third-order valence-electron chi connectivity index (χ3n) is 5.99. The van der Waals surface area contributed by atoms with E-state index < -0.39 is 35.3 Å². The highest BCUT2D eigenvalue weighted by Gasteiger charge is 2.71. The van der Waals surface area contributed by atoms with E-state index >= 15 is 0 Å². The van der Waals surface area contributed by atoms with E-state index in [0.29, 0.717) is 21.4 Å². The van der Waals surface area contributed by atoms with Crippen LogP contribution in [0, 0.1) is 26.8 Å². The number of aliphatic hydroxyl groups is 3. The molecule has 2 aliphatic carbocycles. The summed E-state index contributed by atoms with van der Waals surface area (Å²) in [4.78, 5) is 13.0. The molecule has 8 nitrogen and oxygen atoms in total. The summed E-state index contributed by atoms with van der Waals surface area (Å²) in [6, 6.07) is 2.55. The van der Waals surface area contributed by atoms with Crippen LogP contribution in [0.5, 0.6) is 0 Å². The molecule has 2 aliphatic rings. The number of hydrogen-bond acceptors (Lipinski definition) is 7. The van der Waals surface area contributed by atoms with Crippen molar-refractivity contribution in [3.05, 3.63) is 40.0 Å². The van der Waals surface area contributed by atoms with Crippen molar-refractivity contribution < 1.29 is 24.1 Å². The number of nitrogens with one attached hydrogen (secondary N) is 1. The molecule has 5 atom stereocenters. The monoisotopic (exact) mass is 515 g/mol. The van der Waals surface area contributed by atoms with E-state index in [1.54, 1.807) is 4.57 Å². The molecule has 0 amide bonds. The number of aliphatic hydroxyl groups excluding tert-OH is 3. The predicted octanol–water partition coefficient (Wildman–Crippen LogP) is 1.73. The quantitative estimate of drug-likeness (QED) is 0.309. The topological polar surface area (TPSA) is 116 Å². The molecule has 0 bridgehead atoms. The summed E-state index contributed by atoms with van der Waals surface area (Å²) in [5.41, 5.74) is 0.256. The second-order valence-electron chi connectivity index (χ2n) is 7.58. The third-order valence-corrected chi connectivity index (χ3v) is 6.47. The number of rotatable bonds is 4. The van der Waals surface area contributed by atoms with E-state index in [2.05, 4.69) is 20.3 Å². The zero-order valence-electron chi connectivity index (χ0n) is 14.8. The van der Waals surface area contributed by atoms with Crippen LogP contribution < -0.4 is 5.32 Å². The lowest BCUT2D eigenvalue weighted by molar-refractivity contribution is -0.0300. The van der Waals surface area contributed by atoms with Crippen molar-refractivity contribution in [2.75, 3.05) is 11.9 Å². The Hall–Kier alpha value is -1.96. The molecule has 4 N–H and O–H groups in total. The van der Waals surface area contributed by atoms with Crippen molar-refractivity contribution in [3.8, 4) is 0 Å². The van der Waals surface area contributed by atoms with Gasteiger partial charge in [0.25, 0.3) is 0 Å². The first-order valence-corrected chi connectivity index (χ1v) is 10.0. The zero-order valence-corrected chi connectivity index (χ0v) is 17.0. The summed E-state index contributed by atoms with van der Waals surface area (Å²) < 4.78 is 29.1. The number of nitrogens with zero attached hydrogens (tertiary/aromatic N) is 4. The van der Waals surface area contributed by atoms with Crippen LogP contribution in [-0.2, 0) is 0 Å². The van der Waals surface area contributed by atoms with Gasteiger partial charge in [-0.3, -0.25) is 0 Å². The first kappa shape index (κ1) is 19.0. The maximum Gasteiger partial charge on any atom is 0.194 e. The molecule has 5 rings (SSSR count). The van der Waals surface area contributed by atoms with Gasteiger partial charge < -0.3 is 25.2 Å². The Morgan fingerprint density at radius 3 is 2.59 bits per heavy atom. The maximum atomic E-state index is 13.5. The number of benzene rings is 1. The average Bonchev–Trinajstić information content (AvgIpc) is 3.17. The molecular formula is C18H16F2IN5O3. The third kappa shape index (κ3) is 2.82. The Balaban J connectivity index is 1.57. The van der Waals surface area contributed by atoms with Gasteiger partial charge >= 0.3 is 0 Å². The molecule has 0 saturated heterocycles. The summed E-state index contributed by atoms with van der Waals surface area (Å²) in [5.74, 6) is -1.29. The molecule has 3 aromatic rings. The molecule has 0 radical (unpaired) electrons. The molecule has 2 saturated carbocycles. The van der Waals surface area contributed by atoms with E-state index in [9.17, 15) is 24.1 Å². The van der Waals surface area contributed by atoms with Gasteiger partial charge in [-0.25, -0.2) is 23.7 Å². The van der Waals surface area contributed by atoms with E-state index in [-0.39, 0.29) is 24.0 Å². The van der Waals surface area contributed by atoms with Gasteiger partial charge in [0.2, 0.25) is 0 Å². The molecule has 2 aromatic heterocycles. The highest BCUT2D eigenvalue weighted by atomic mass is 127. The van der Waals surface area contributed by atoms with Crippen molar-refractivity contribution in [2.24, 2.45) is 11.3 Å². The van der Waals surface area contributed by atoms with Gasteiger partial charge in [-0.05, 0) is 24.5 Å². The van der Waals surface area contributed by atoms with Gasteiger partial charge in [-0.1, -0.05) is 0 Å². The number of aromatic nitrogens is 4. The van der Waals surface area contributed by atoms with Crippen molar-refractivity contribution >= 4 is 45.3 Å². The van der Waals surface area contributed by atoms with Crippen LogP contribution in [0.2, 0.25) is 0 Å². The molecule has 2 fully saturated rings. The van der Waals surface area contributed by atoms with Crippen molar-refractivity contribution in [3.63, 3.8) is 0 Å². The normalized spacial score (nSPS) is 30.6. The molecule has 1 aromatic carbocycles. The van der Waals surface area contributed by atoms with Gasteiger partial charge in [0, 0.05) is 39.8 Å². The summed E-state index contributed by atoms with van der Waals surface area (Å²) in [7, 11) is 0. The lowest BCUT2D eigenvalue weighted by atomic mass is 10.0. The minimum atomic E-state index is -1.07. The van der Waals surface area contributed by atoms with Crippen LogP contribution in [0.25, 0.3) is 11.2 Å². The fourth-order valence-corrected chi connectivity index (χ4v) is 4.98. The number of hydrogen-bond donors (Lipinski definition) is 4. The molecule has 152 valence electrons. The zero-order chi connectivity index (χ0) is 20.5. The Bertz CT molecular complexity index is 1110. The number of anilines is 2. The maximum absolute atomic E-state index is 13.5. The van der Waals surface area contributed by atoms with Crippen LogP contribution in [0.15, 0.2) is 24.5 Å². The molecule has 11 heteroatoms. The molecular weight excluding hydrogens is 499 g/mol. The van der Waals surface area contributed by atoms with Gasteiger partial charge in [-0.2, -0.15) is 0 Å². The van der Waals surface area contributed by atoms with Crippen molar-refractivity contribution in [1.82, 2.24) is 19.5 Å². The molecule has 0 unspecified atom stereocenters. The molecule has 29 heavy (non-hydrogen) atoms. The van der Waals surface area contributed by atoms with E-state index in [1.807, 2.05) is 22.6 Å². The minimum absolute atomic E-state index is 0.101. The lowest BCUT2D eigenvalue weighted by Crippen LogP contribution is -2.35. The van der Waals surface area contributed by atoms with Gasteiger partial charge in [-0.15, -0.1) is 0 Å². The van der Waals surface area contributed by atoms with Crippen LogP contribution >= 0.6 is 22.6 Å². The SMILES string of the molecule is OC[C@@]12C[C@@H]1[C@@H](n1cnc3c(Nc4cc(F)cc(F)c4)nc(I)nc31)[C@H](O)[C@@H]2O. The summed E-state index contributed by atoms with van der Waals surface area (Å²) in [6.45, 7) is -0.205.